The van der Waals surface area contributed by atoms with Gasteiger partial charge in [-0.2, -0.15) is 4.31 Å². The van der Waals surface area contributed by atoms with Crippen LogP contribution >= 0.6 is 0 Å². The summed E-state index contributed by atoms with van der Waals surface area (Å²) in [7, 11) is 1.47. The maximum atomic E-state index is 12.8. The Kier molecular flexibility index (Phi) is 8.30. The third kappa shape index (κ3) is 6.02. The van der Waals surface area contributed by atoms with E-state index in [1.54, 1.807) is 32.4 Å². The average Bonchev–Trinajstić information content (AvgIpc) is 2.84. The van der Waals surface area contributed by atoms with E-state index in [9.17, 15) is 13.2 Å². The van der Waals surface area contributed by atoms with E-state index in [0.29, 0.717) is 50.0 Å². The number of morpholine rings is 1. The fraction of sp³-hybridized carbons (Fsp3) is 0.435. The lowest BCUT2D eigenvalue weighted by molar-refractivity contribution is -0.120. The summed E-state index contributed by atoms with van der Waals surface area (Å²) in [5.41, 5.74) is 1.46. The van der Waals surface area contributed by atoms with Gasteiger partial charge in [0.1, 0.15) is 11.5 Å². The van der Waals surface area contributed by atoms with Gasteiger partial charge in [-0.25, -0.2) is 8.42 Å². The van der Waals surface area contributed by atoms with Gasteiger partial charge in [-0.1, -0.05) is 6.07 Å². The number of nitrogens with zero attached hydrogens (tertiary/aromatic N) is 2. The Hall–Kier alpha value is -2.66. The molecule has 9 nitrogen and oxygen atoms in total. The molecule has 1 atom stereocenters. The standard InChI is InChI=1S/C23H31N3O6S/c1-17(25(2)16-18-5-8-20(30-3)15-22(18)31-4)23(27)24-19-6-9-21(10-7-19)33(28,29)26-11-13-32-14-12-26/h5-10,15,17H,11-14,16H2,1-4H3,(H,24,27)/t17-/m0/s1. The van der Waals surface area contributed by atoms with Crippen molar-refractivity contribution in [1.29, 1.82) is 0 Å². The quantitative estimate of drug-likeness (QED) is 0.591. The van der Waals surface area contributed by atoms with Gasteiger partial charge < -0.3 is 19.5 Å². The molecule has 0 aromatic heterocycles. The topological polar surface area (TPSA) is 97.4 Å². The molecule has 1 saturated heterocycles. The first-order chi connectivity index (χ1) is 15.8. The molecule has 0 saturated carbocycles. The maximum absolute atomic E-state index is 12.8. The van der Waals surface area contributed by atoms with Crippen molar-refractivity contribution < 1.29 is 27.4 Å². The lowest BCUT2D eigenvalue weighted by Gasteiger charge is -2.26. The smallest absolute Gasteiger partial charge is 0.243 e. The number of hydrogen-bond acceptors (Lipinski definition) is 7. The van der Waals surface area contributed by atoms with Gasteiger partial charge in [0.25, 0.3) is 0 Å². The van der Waals surface area contributed by atoms with Crippen molar-refractivity contribution in [2.24, 2.45) is 0 Å². The molecular formula is C23H31N3O6S. The van der Waals surface area contributed by atoms with Crippen LogP contribution in [0.1, 0.15) is 12.5 Å². The van der Waals surface area contributed by atoms with Crippen molar-refractivity contribution in [1.82, 2.24) is 9.21 Å². The Morgan fingerprint density at radius 2 is 1.79 bits per heavy atom. The third-order valence-corrected chi connectivity index (χ3v) is 7.60. The highest BCUT2D eigenvalue weighted by Gasteiger charge is 2.26. The molecule has 0 spiro atoms. The van der Waals surface area contributed by atoms with Crippen LogP contribution in [-0.2, 0) is 26.1 Å². The molecule has 0 unspecified atom stereocenters. The van der Waals surface area contributed by atoms with Crippen molar-refractivity contribution in [3.05, 3.63) is 48.0 Å². The zero-order valence-corrected chi connectivity index (χ0v) is 20.2. The van der Waals surface area contributed by atoms with Crippen molar-refractivity contribution in [3.8, 4) is 11.5 Å². The number of nitrogens with one attached hydrogen (secondary N) is 1. The van der Waals surface area contributed by atoms with Crippen LogP contribution in [0.3, 0.4) is 0 Å². The van der Waals surface area contributed by atoms with E-state index in [2.05, 4.69) is 5.32 Å². The Labute approximate surface area is 195 Å². The number of benzene rings is 2. The molecule has 10 heteroatoms. The molecule has 3 rings (SSSR count). The van der Waals surface area contributed by atoms with Gasteiger partial charge in [0.15, 0.2) is 0 Å². The summed E-state index contributed by atoms with van der Waals surface area (Å²) in [5.74, 6) is 1.18. The second-order valence-electron chi connectivity index (χ2n) is 7.80. The summed E-state index contributed by atoms with van der Waals surface area (Å²) in [6.45, 7) is 3.76. The monoisotopic (exact) mass is 477 g/mol. The van der Waals surface area contributed by atoms with E-state index in [1.807, 2.05) is 31.0 Å². The van der Waals surface area contributed by atoms with Gasteiger partial charge in [-0.15, -0.1) is 0 Å². The Morgan fingerprint density at radius 3 is 2.39 bits per heavy atom. The number of amides is 1. The summed E-state index contributed by atoms with van der Waals surface area (Å²) >= 11 is 0. The van der Waals surface area contributed by atoms with Gasteiger partial charge in [0.05, 0.1) is 38.4 Å². The van der Waals surface area contributed by atoms with Crippen molar-refractivity contribution in [2.45, 2.75) is 24.4 Å². The number of likely N-dealkylation sites (N-methyl/N-ethyl adjacent to an activating group) is 1. The van der Waals surface area contributed by atoms with E-state index in [1.165, 1.54) is 16.4 Å². The molecule has 1 N–H and O–H groups in total. The lowest BCUT2D eigenvalue weighted by atomic mass is 10.1. The van der Waals surface area contributed by atoms with Gasteiger partial charge in [-0.05, 0) is 44.3 Å². The number of ether oxygens (including phenoxy) is 3. The second-order valence-corrected chi connectivity index (χ2v) is 9.74. The molecule has 2 aromatic rings. The number of sulfonamides is 1. The largest absolute Gasteiger partial charge is 0.497 e. The van der Waals surface area contributed by atoms with E-state index in [0.717, 1.165) is 5.56 Å². The molecular weight excluding hydrogens is 446 g/mol. The van der Waals surface area contributed by atoms with Gasteiger partial charge >= 0.3 is 0 Å². The first kappa shape index (κ1) is 25.0. The van der Waals surface area contributed by atoms with E-state index < -0.39 is 16.1 Å². The van der Waals surface area contributed by atoms with Crippen LogP contribution < -0.4 is 14.8 Å². The summed E-state index contributed by atoms with van der Waals surface area (Å²) in [4.78, 5) is 14.9. The van der Waals surface area contributed by atoms with Gasteiger partial charge in [-0.3, -0.25) is 9.69 Å². The van der Waals surface area contributed by atoms with E-state index >= 15 is 0 Å². The Morgan fingerprint density at radius 1 is 1.12 bits per heavy atom. The fourth-order valence-electron chi connectivity index (χ4n) is 3.48. The van der Waals surface area contributed by atoms with Crippen LogP contribution in [0.5, 0.6) is 11.5 Å². The number of hydrogen-bond donors (Lipinski definition) is 1. The molecule has 2 aromatic carbocycles. The summed E-state index contributed by atoms with van der Waals surface area (Å²) in [5, 5.41) is 2.85. The zero-order chi connectivity index (χ0) is 24.0. The third-order valence-electron chi connectivity index (χ3n) is 5.68. The Bertz CT molecular complexity index is 1050. The molecule has 1 aliphatic rings. The maximum Gasteiger partial charge on any atom is 0.243 e. The average molecular weight is 478 g/mol. The highest BCUT2D eigenvalue weighted by atomic mass is 32.2. The number of methoxy groups -OCH3 is 2. The first-order valence-corrected chi connectivity index (χ1v) is 12.1. The minimum atomic E-state index is -3.57. The molecule has 0 bridgehead atoms. The van der Waals surface area contributed by atoms with Crippen LogP contribution in [0.4, 0.5) is 5.69 Å². The van der Waals surface area contributed by atoms with Crippen LogP contribution in [0.25, 0.3) is 0 Å². The SMILES string of the molecule is COc1ccc(CN(C)[C@@H](C)C(=O)Nc2ccc(S(=O)(=O)N3CCOCC3)cc2)c(OC)c1. The molecule has 1 amide bonds. The Balaban J connectivity index is 1.62. The number of carbonyl (C=O) groups excluding carboxylic acids is 1. The zero-order valence-electron chi connectivity index (χ0n) is 19.4. The molecule has 1 aliphatic heterocycles. The van der Waals surface area contributed by atoms with Crippen molar-refractivity contribution in [2.75, 3.05) is 52.9 Å². The highest BCUT2D eigenvalue weighted by Crippen LogP contribution is 2.26. The number of rotatable bonds is 9. The van der Waals surface area contributed by atoms with E-state index in [4.69, 9.17) is 14.2 Å². The van der Waals surface area contributed by atoms with Crippen LogP contribution in [-0.4, -0.2) is 77.1 Å². The molecule has 0 radical (unpaired) electrons. The predicted octanol–water partition coefficient (Wildman–Crippen LogP) is 2.18. The molecule has 0 aliphatic carbocycles. The molecule has 1 heterocycles. The van der Waals surface area contributed by atoms with Gasteiger partial charge in [0, 0.05) is 37.0 Å². The number of anilines is 1. The summed E-state index contributed by atoms with van der Waals surface area (Å²) in [6, 6.07) is 11.4. The summed E-state index contributed by atoms with van der Waals surface area (Å²) < 4.78 is 42.8. The second kappa shape index (κ2) is 11.0. The normalized spacial score (nSPS) is 15.8. The van der Waals surface area contributed by atoms with Crippen molar-refractivity contribution >= 4 is 21.6 Å². The van der Waals surface area contributed by atoms with Crippen LogP contribution in [0.15, 0.2) is 47.4 Å². The fourth-order valence-corrected chi connectivity index (χ4v) is 4.89. The summed E-state index contributed by atoms with van der Waals surface area (Å²) in [6.07, 6.45) is 0. The van der Waals surface area contributed by atoms with Crippen LogP contribution in [0.2, 0.25) is 0 Å². The first-order valence-electron chi connectivity index (χ1n) is 10.7. The molecule has 33 heavy (non-hydrogen) atoms. The minimum Gasteiger partial charge on any atom is -0.497 e. The molecule has 180 valence electrons. The van der Waals surface area contributed by atoms with E-state index in [-0.39, 0.29) is 10.8 Å². The number of carbonyl (C=O) groups is 1. The minimum absolute atomic E-state index is 0.194. The van der Waals surface area contributed by atoms with Crippen LogP contribution in [0, 0.1) is 0 Å². The lowest BCUT2D eigenvalue weighted by Crippen LogP contribution is -2.40. The van der Waals surface area contributed by atoms with Crippen molar-refractivity contribution in [3.63, 3.8) is 0 Å². The molecule has 1 fully saturated rings. The van der Waals surface area contributed by atoms with Gasteiger partial charge in [0.2, 0.25) is 15.9 Å². The predicted molar refractivity (Wildman–Crippen MR) is 125 cm³/mol. The highest BCUT2D eigenvalue weighted by molar-refractivity contribution is 7.89.